The fourth-order valence-corrected chi connectivity index (χ4v) is 3.46. The Labute approximate surface area is 150 Å². The highest BCUT2D eigenvalue weighted by Gasteiger charge is 2.18. The molecule has 4 rings (SSSR count). The van der Waals surface area contributed by atoms with Gasteiger partial charge in [-0.1, -0.05) is 11.6 Å². The highest BCUT2D eigenvalue weighted by atomic mass is 35.5. The standard InChI is InChI=1S/C19H18ClN3O2/c20-13-2-3-15(18(24)9-13)19-14-5-7-21-10-16(14)17(22-23-19)4-1-12-6-8-25-11-12/h2-3,5,7,9-10,12,24H,1,4,6,8,11H2/t12-/m1/s1. The average Bonchev–Trinajstić information content (AvgIpc) is 3.14. The van der Waals surface area contributed by atoms with Gasteiger partial charge in [0.25, 0.3) is 0 Å². The van der Waals surface area contributed by atoms with E-state index in [2.05, 4.69) is 15.2 Å². The van der Waals surface area contributed by atoms with E-state index in [9.17, 15) is 5.11 Å². The topological polar surface area (TPSA) is 68.1 Å². The molecule has 0 saturated carbocycles. The minimum atomic E-state index is 0.0933. The van der Waals surface area contributed by atoms with E-state index < -0.39 is 0 Å². The summed E-state index contributed by atoms with van der Waals surface area (Å²) in [5.74, 6) is 0.685. The van der Waals surface area contributed by atoms with Crippen LogP contribution in [0.4, 0.5) is 0 Å². The van der Waals surface area contributed by atoms with Crippen molar-refractivity contribution >= 4 is 22.4 Å². The summed E-state index contributed by atoms with van der Waals surface area (Å²) in [5, 5.41) is 21.5. The lowest BCUT2D eigenvalue weighted by atomic mass is 9.98. The first-order valence-corrected chi connectivity index (χ1v) is 8.76. The normalized spacial score (nSPS) is 17.2. The molecule has 0 amide bonds. The maximum atomic E-state index is 10.2. The first-order valence-electron chi connectivity index (χ1n) is 8.38. The van der Waals surface area contributed by atoms with Gasteiger partial charge in [0, 0.05) is 47.0 Å². The van der Waals surface area contributed by atoms with E-state index in [0.717, 1.165) is 48.9 Å². The zero-order chi connectivity index (χ0) is 17.2. The molecule has 128 valence electrons. The number of aryl methyl sites for hydroxylation is 1. The minimum absolute atomic E-state index is 0.0933. The van der Waals surface area contributed by atoms with Gasteiger partial charge in [0.15, 0.2) is 0 Å². The number of rotatable bonds is 4. The molecule has 25 heavy (non-hydrogen) atoms. The molecule has 1 saturated heterocycles. The van der Waals surface area contributed by atoms with Crippen LogP contribution in [0.5, 0.6) is 5.75 Å². The van der Waals surface area contributed by atoms with Crippen LogP contribution in [0.25, 0.3) is 22.0 Å². The number of aromatic nitrogens is 3. The highest BCUT2D eigenvalue weighted by molar-refractivity contribution is 6.30. The van der Waals surface area contributed by atoms with Crippen LogP contribution in [0.1, 0.15) is 18.5 Å². The fourth-order valence-electron chi connectivity index (χ4n) is 3.29. The van der Waals surface area contributed by atoms with Crippen molar-refractivity contribution in [2.75, 3.05) is 13.2 Å². The third-order valence-corrected chi connectivity index (χ3v) is 4.92. The number of ether oxygens (including phenoxy) is 1. The molecule has 0 spiro atoms. The van der Waals surface area contributed by atoms with Gasteiger partial charge in [0.1, 0.15) is 11.4 Å². The number of hydrogen-bond acceptors (Lipinski definition) is 5. The van der Waals surface area contributed by atoms with Gasteiger partial charge in [-0.25, -0.2) is 0 Å². The molecule has 0 aliphatic carbocycles. The van der Waals surface area contributed by atoms with E-state index in [-0.39, 0.29) is 5.75 Å². The summed E-state index contributed by atoms with van der Waals surface area (Å²) in [6, 6.07) is 6.92. The quantitative estimate of drug-likeness (QED) is 0.765. The molecular weight excluding hydrogens is 338 g/mol. The van der Waals surface area contributed by atoms with E-state index >= 15 is 0 Å². The molecular formula is C19H18ClN3O2. The number of benzene rings is 1. The Morgan fingerprint density at radius 1 is 1.20 bits per heavy atom. The van der Waals surface area contributed by atoms with Crippen LogP contribution in [0.3, 0.4) is 0 Å². The summed E-state index contributed by atoms with van der Waals surface area (Å²) in [4.78, 5) is 4.25. The summed E-state index contributed by atoms with van der Waals surface area (Å²) in [6.45, 7) is 1.69. The number of halogens is 1. The zero-order valence-corrected chi connectivity index (χ0v) is 14.4. The van der Waals surface area contributed by atoms with Gasteiger partial charge in [-0.3, -0.25) is 4.98 Å². The largest absolute Gasteiger partial charge is 0.507 e. The van der Waals surface area contributed by atoms with Gasteiger partial charge in [-0.2, -0.15) is 5.10 Å². The van der Waals surface area contributed by atoms with Crippen LogP contribution >= 0.6 is 11.6 Å². The maximum absolute atomic E-state index is 10.2. The second kappa shape index (κ2) is 6.94. The third-order valence-electron chi connectivity index (χ3n) is 4.69. The SMILES string of the molecule is Oc1cc(Cl)ccc1-c1nnc(CC[C@@H]2CCOC2)c2cnccc12. The van der Waals surface area contributed by atoms with E-state index in [1.165, 1.54) is 6.07 Å². The van der Waals surface area contributed by atoms with Gasteiger partial charge in [-0.05, 0) is 49.4 Å². The van der Waals surface area contributed by atoms with Crippen molar-refractivity contribution in [3.8, 4) is 17.0 Å². The number of hydrogen-bond donors (Lipinski definition) is 1. The van der Waals surface area contributed by atoms with E-state index in [0.29, 0.717) is 22.2 Å². The molecule has 0 unspecified atom stereocenters. The van der Waals surface area contributed by atoms with Gasteiger partial charge in [0.2, 0.25) is 0 Å². The van der Waals surface area contributed by atoms with Crippen LogP contribution in [0, 0.1) is 5.92 Å². The average molecular weight is 356 g/mol. The molecule has 0 bridgehead atoms. The van der Waals surface area contributed by atoms with E-state index in [1.807, 2.05) is 12.3 Å². The molecule has 1 aromatic carbocycles. The first kappa shape index (κ1) is 16.2. The molecule has 3 aromatic rings. The van der Waals surface area contributed by atoms with E-state index in [1.54, 1.807) is 18.3 Å². The molecule has 1 aliphatic rings. The Bertz CT molecular complexity index is 910. The van der Waals surface area contributed by atoms with Crippen molar-refractivity contribution < 1.29 is 9.84 Å². The molecule has 1 N–H and O–H groups in total. The molecule has 1 atom stereocenters. The van der Waals surface area contributed by atoms with Crippen LogP contribution < -0.4 is 0 Å². The van der Waals surface area contributed by atoms with Crippen molar-refractivity contribution in [2.45, 2.75) is 19.3 Å². The Morgan fingerprint density at radius 3 is 2.92 bits per heavy atom. The van der Waals surface area contributed by atoms with Crippen molar-refractivity contribution in [1.82, 2.24) is 15.2 Å². The lowest BCUT2D eigenvalue weighted by Gasteiger charge is -2.11. The Hall–Kier alpha value is -2.24. The number of aromatic hydroxyl groups is 1. The van der Waals surface area contributed by atoms with Gasteiger partial charge in [0.05, 0.1) is 5.69 Å². The van der Waals surface area contributed by atoms with Crippen molar-refractivity contribution in [3.63, 3.8) is 0 Å². The minimum Gasteiger partial charge on any atom is -0.507 e. The van der Waals surface area contributed by atoms with Gasteiger partial charge in [-0.15, -0.1) is 5.10 Å². The zero-order valence-electron chi connectivity index (χ0n) is 13.7. The molecule has 1 aliphatic heterocycles. The summed E-state index contributed by atoms with van der Waals surface area (Å²) < 4.78 is 5.45. The molecule has 2 aromatic heterocycles. The number of phenols is 1. The molecule has 0 radical (unpaired) electrons. The maximum Gasteiger partial charge on any atom is 0.126 e. The summed E-state index contributed by atoms with van der Waals surface area (Å²) >= 11 is 5.94. The highest BCUT2D eigenvalue weighted by Crippen LogP contribution is 2.35. The lowest BCUT2D eigenvalue weighted by molar-refractivity contribution is 0.184. The van der Waals surface area contributed by atoms with Crippen LogP contribution in [-0.2, 0) is 11.2 Å². The Balaban J connectivity index is 1.73. The van der Waals surface area contributed by atoms with Gasteiger partial charge >= 0.3 is 0 Å². The number of fused-ring (bicyclic) bond motifs is 1. The second-order valence-electron chi connectivity index (χ2n) is 6.35. The van der Waals surface area contributed by atoms with Crippen LogP contribution in [0.15, 0.2) is 36.7 Å². The monoisotopic (exact) mass is 355 g/mol. The predicted molar refractivity (Wildman–Crippen MR) is 96.7 cm³/mol. The second-order valence-corrected chi connectivity index (χ2v) is 6.78. The summed E-state index contributed by atoms with van der Waals surface area (Å²) in [6.07, 6.45) is 6.54. The van der Waals surface area contributed by atoms with Gasteiger partial charge < -0.3 is 9.84 Å². The third kappa shape index (κ3) is 3.30. The van der Waals surface area contributed by atoms with E-state index in [4.69, 9.17) is 16.3 Å². The first-order chi connectivity index (χ1) is 12.2. The number of nitrogens with zero attached hydrogens (tertiary/aromatic N) is 3. The molecule has 1 fully saturated rings. The smallest absolute Gasteiger partial charge is 0.126 e. The van der Waals surface area contributed by atoms with Crippen molar-refractivity contribution in [3.05, 3.63) is 47.4 Å². The number of pyridine rings is 1. The molecule has 5 nitrogen and oxygen atoms in total. The number of phenolic OH excluding ortho intramolecular Hbond substituents is 1. The van der Waals surface area contributed by atoms with Crippen LogP contribution in [0.2, 0.25) is 5.02 Å². The fraction of sp³-hybridized carbons (Fsp3) is 0.316. The molecule has 6 heteroatoms. The van der Waals surface area contributed by atoms with Crippen molar-refractivity contribution in [1.29, 1.82) is 0 Å². The lowest BCUT2D eigenvalue weighted by Crippen LogP contribution is -2.04. The summed E-state index contributed by atoms with van der Waals surface area (Å²) in [5.41, 5.74) is 2.19. The van der Waals surface area contributed by atoms with Crippen molar-refractivity contribution in [2.24, 2.45) is 5.92 Å². The Kier molecular flexibility index (Phi) is 4.51. The molecule has 3 heterocycles. The van der Waals surface area contributed by atoms with Crippen LogP contribution in [-0.4, -0.2) is 33.5 Å². The predicted octanol–water partition coefficient (Wildman–Crippen LogP) is 4.02. The Morgan fingerprint density at radius 2 is 2.12 bits per heavy atom. The summed E-state index contributed by atoms with van der Waals surface area (Å²) in [7, 11) is 0.